The number of carbonyl (C=O) groups excluding carboxylic acids is 2. The lowest BCUT2D eigenvalue weighted by molar-refractivity contribution is -0.140. The molecule has 10 heteroatoms. The maximum Gasteiger partial charge on any atom is 0.264 e. The summed E-state index contributed by atoms with van der Waals surface area (Å²) in [7, 11) is -4.21. The largest absolute Gasteiger partial charge is 0.354 e. The van der Waals surface area contributed by atoms with E-state index in [9.17, 15) is 18.0 Å². The predicted octanol–water partition coefficient (Wildman–Crippen LogP) is 6.60. The maximum atomic E-state index is 14.4. The van der Waals surface area contributed by atoms with Crippen LogP contribution in [0.1, 0.15) is 25.0 Å². The SMILES string of the molecule is CC(C)CNC(=O)C(Cc1ccccc1)N(Cc1ccccc1Cl)C(=O)CN(c1cccc(Cl)c1)S(=O)(=O)c1ccccc1. The third kappa shape index (κ3) is 8.62. The molecule has 0 heterocycles. The first-order valence-corrected chi connectivity index (χ1v) is 16.4. The van der Waals surface area contributed by atoms with Crippen molar-refractivity contribution in [3.63, 3.8) is 0 Å². The van der Waals surface area contributed by atoms with E-state index in [4.69, 9.17) is 23.2 Å². The number of hydrogen-bond acceptors (Lipinski definition) is 4. The highest BCUT2D eigenvalue weighted by Crippen LogP contribution is 2.27. The molecule has 0 radical (unpaired) electrons. The van der Waals surface area contributed by atoms with Crippen LogP contribution in [0, 0.1) is 5.92 Å². The third-order valence-corrected chi connectivity index (χ3v) is 9.35. The molecule has 0 saturated carbocycles. The van der Waals surface area contributed by atoms with Crippen LogP contribution in [0.2, 0.25) is 10.0 Å². The van der Waals surface area contributed by atoms with Crippen molar-refractivity contribution >= 4 is 50.7 Å². The Balaban J connectivity index is 1.80. The van der Waals surface area contributed by atoms with E-state index in [0.29, 0.717) is 22.2 Å². The molecule has 4 aromatic carbocycles. The summed E-state index contributed by atoms with van der Waals surface area (Å²) in [4.78, 5) is 29.7. The molecular weight excluding hydrogens is 617 g/mol. The molecule has 7 nitrogen and oxygen atoms in total. The van der Waals surface area contributed by atoms with E-state index in [2.05, 4.69) is 5.32 Å². The van der Waals surface area contributed by atoms with Crippen molar-refractivity contribution in [1.29, 1.82) is 0 Å². The minimum absolute atomic E-state index is 0.0140. The molecule has 0 aliphatic rings. The second-order valence-electron chi connectivity index (χ2n) is 10.8. The van der Waals surface area contributed by atoms with Gasteiger partial charge in [0.1, 0.15) is 12.6 Å². The summed E-state index contributed by atoms with van der Waals surface area (Å²) >= 11 is 12.8. The summed E-state index contributed by atoms with van der Waals surface area (Å²) in [5.74, 6) is -0.744. The average Bonchev–Trinajstić information content (AvgIpc) is 3.02. The van der Waals surface area contributed by atoms with Crippen LogP contribution in [0.15, 0.2) is 114 Å². The van der Waals surface area contributed by atoms with Crippen molar-refractivity contribution in [2.75, 3.05) is 17.4 Å². The zero-order valence-corrected chi connectivity index (χ0v) is 26.9. The van der Waals surface area contributed by atoms with Gasteiger partial charge in [-0.3, -0.25) is 13.9 Å². The molecule has 0 aliphatic carbocycles. The van der Waals surface area contributed by atoms with E-state index in [1.807, 2.05) is 44.2 Å². The van der Waals surface area contributed by atoms with Crippen LogP contribution in [0.25, 0.3) is 0 Å². The van der Waals surface area contributed by atoms with Crippen LogP contribution < -0.4 is 9.62 Å². The summed E-state index contributed by atoms with van der Waals surface area (Å²) in [5, 5.41) is 3.71. The number of sulfonamides is 1. The summed E-state index contributed by atoms with van der Waals surface area (Å²) in [6.45, 7) is 3.78. The lowest BCUT2D eigenvalue weighted by atomic mass is 10.0. The molecule has 0 spiro atoms. The van der Waals surface area contributed by atoms with E-state index < -0.39 is 28.5 Å². The van der Waals surface area contributed by atoms with Crippen molar-refractivity contribution in [1.82, 2.24) is 10.2 Å². The van der Waals surface area contributed by atoms with Crippen LogP contribution in [0.3, 0.4) is 0 Å². The first-order chi connectivity index (χ1) is 21.1. The Labute approximate surface area is 269 Å². The molecule has 0 fully saturated rings. The van der Waals surface area contributed by atoms with E-state index >= 15 is 0 Å². The number of benzene rings is 4. The standard InChI is InChI=1S/C34H35Cl2N3O4S/c1-25(2)22-37-34(41)32(20-26-12-5-3-6-13-26)38(23-27-14-9-10-19-31(27)36)33(40)24-39(29-16-11-15-28(35)21-29)44(42,43)30-17-7-4-8-18-30/h3-19,21,25,32H,20,22-24H2,1-2H3,(H,37,41). The van der Waals surface area contributed by atoms with Gasteiger partial charge in [-0.25, -0.2) is 8.42 Å². The minimum atomic E-state index is -4.21. The Morgan fingerprint density at radius 3 is 2.09 bits per heavy atom. The quantitative estimate of drug-likeness (QED) is 0.176. The molecule has 0 aromatic heterocycles. The second kappa shape index (κ2) is 15.2. The first kappa shape index (κ1) is 33.1. The van der Waals surface area contributed by atoms with Gasteiger partial charge in [0.2, 0.25) is 11.8 Å². The fourth-order valence-electron chi connectivity index (χ4n) is 4.67. The van der Waals surface area contributed by atoms with Gasteiger partial charge in [0.05, 0.1) is 10.6 Å². The predicted molar refractivity (Wildman–Crippen MR) is 176 cm³/mol. The number of nitrogens with one attached hydrogen (secondary N) is 1. The van der Waals surface area contributed by atoms with Gasteiger partial charge < -0.3 is 10.2 Å². The van der Waals surface area contributed by atoms with Crippen LogP contribution >= 0.6 is 23.2 Å². The highest BCUT2D eigenvalue weighted by atomic mass is 35.5. The van der Waals surface area contributed by atoms with Gasteiger partial charge in [-0.05, 0) is 53.4 Å². The van der Waals surface area contributed by atoms with Crippen molar-refractivity contribution in [2.24, 2.45) is 5.92 Å². The zero-order valence-electron chi connectivity index (χ0n) is 24.6. The Kier molecular flexibility index (Phi) is 11.4. The monoisotopic (exact) mass is 651 g/mol. The fourth-order valence-corrected chi connectivity index (χ4v) is 6.47. The lowest BCUT2D eigenvalue weighted by Gasteiger charge is -2.34. The molecular formula is C34H35Cl2N3O4S. The van der Waals surface area contributed by atoms with Gasteiger partial charge in [0.25, 0.3) is 10.0 Å². The average molecular weight is 653 g/mol. The molecule has 4 aromatic rings. The summed E-state index contributed by atoms with van der Waals surface area (Å²) in [6.07, 6.45) is 0.212. The molecule has 230 valence electrons. The van der Waals surface area contributed by atoms with Gasteiger partial charge in [-0.2, -0.15) is 0 Å². The number of amides is 2. The molecule has 4 rings (SSSR count). The van der Waals surface area contributed by atoms with Crippen LogP contribution in [-0.4, -0.2) is 44.3 Å². The van der Waals surface area contributed by atoms with Gasteiger partial charge in [-0.1, -0.05) is 110 Å². The lowest BCUT2D eigenvalue weighted by Crippen LogP contribution is -2.53. The van der Waals surface area contributed by atoms with Crippen molar-refractivity contribution in [2.45, 2.75) is 37.8 Å². The number of hydrogen-bond donors (Lipinski definition) is 1. The van der Waals surface area contributed by atoms with Gasteiger partial charge in [0.15, 0.2) is 0 Å². The summed E-state index contributed by atoms with van der Waals surface area (Å²) in [6, 6.07) is 29.7. The molecule has 1 atom stereocenters. The van der Waals surface area contributed by atoms with Gasteiger partial charge >= 0.3 is 0 Å². The smallest absolute Gasteiger partial charge is 0.264 e. The zero-order chi connectivity index (χ0) is 31.7. The molecule has 1 N–H and O–H groups in total. The van der Waals surface area contributed by atoms with Gasteiger partial charge in [0, 0.05) is 29.6 Å². The number of anilines is 1. The molecule has 1 unspecified atom stereocenters. The third-order valence-electron chi connectivity index (χ3n) is 6.96. The fraction of sp³-hybridized carbons (Fsp3) is 0.235. The normalized spacial score (nSPS) is 12.0. The van der Waals surface area contributed by atoms with Crippen LogP contribution in [0.4, 0.5) is 5.69 Å². The Hall–Kier alpha value is -3.85. The molecule has 44 heavy (non-hydrogen) atoms. The second-order valence-corrected chi connectivity index (χ2v) is 13.5. The van der Waals surface area contributed by atoms with E-state index in [1.54, 1.807) is 60.7 Å². The van der Waals surface area contributed by atoms with Crippen molar-refractivity contribution in [3.05, 3.63) is 130 Å². The van der Waals surface area contributed by atoms with Crippen molar-refractivity contribution in [3.8, 4) is 0 Å². The molecule has 0 aliphatic heterocycles. The number of halogens is 2. The van der Waals surface area contributed by atoms with Crippen molar-refractivity contribution < 1.29 is 18.0 Å². The van der Waals surface area contributed by atoms with Crippen LogP contribution in [-0.2, 0) is 32.6 Å². The topological polar surface area (TPSA) is 86.8 Å². The van der Waals surface area contributed by atoms with E-state index in [0.717, 1.165) is 9.87 Å². The Morgan fingerprint density at radius 2 is 1.45 bits per heavy atom. The van der Waals surface area contributed by atoms with E-state index in [-0.39, 0.29) is 35.4 Å². The highest BCUT2D eigenvalue weighted by molar-refractivity contribution is 7.92. The van der Waals surface area contributed by atoms with Crippen LogP contribution in [0.5, 0.6) is 0 Å². The minimum Gasteiger partial charge on any atom is -0.354 e. The highest BCUT2D eigenvalue weighted by Gasteiger charge is 2.35. The number of nitrogens with zero attached hydrogens (tertiary/aromatic N) is 2. The van der Waals surface area contributed by atoms with E-state index in [1.165, 1.54) is 23.1 Å². The molecule has 0 saturated heterocycles. The number of rotatable bonds is 13. The van der Waals surface area contributed by atoms with Gasteiger partial charge in [-0.15, -0.1) is 0 Å². The molecule has 2 amide bonds. The number of carbonyl (C=O) groups is 2. The summed E-state index contributed by atoms with van der Waals surface area (Å²) in [5.41, 5.74) is 1.69. The first-order valence-electron chi connectivity index (χ1n) is 14.2. The summed E-state index contributed by atoms with van der Waals surface area (Å²) < 4.78 is 29.0. The Morgan fingerprint density at radius 1 is 0.818 bits per heavy atom. The molecule has 0 bridgehead atoms. The maximum absolute atomic E-state index is 14.4. The Bertz CT molecular complexity index is 1670.